The van der Waals surface area contributed by atoms with Crippen molar-refractivity contribution in [2.45, 2.75) is 26.1 Å². The van der Waals surface area contributed by atoms with E-state index in [1.54, 1.807) is 6.92 Å². The summed E-state index contributed by atoms with van der Waals surface area (Å²) < 4.78 is 0. The molecule has 2 heteroatoms. The monoisotopic (exact) mass is 114 g/mol. The lowest BCUT2D eigenvalue weighted by atomic mass is 10.2. The summed E-state index contributed by atoms with van der Waals surface area (Å²) in [6.45, 7) is 3.11. The van der Waals surface area contributed by atoms with Crippen molar-refractivity contribution in [2.75, 3.05) is 0 Å². The van der Waals surface area contributed by atoms with Crippen LogP contribution in [0.3, 0.4) is 0 Å². The second-order valence-corrected chi connectivity index (χ2v) is 1.58. The summed E-state index contributed by atoms with van der Waals surface area (Å²) >= 11 is 0. The third kappa shape index (κ3) is 2.62. The van der Waals surface area contributed by atoms with Crippen molar-refractivity contribution in [3.05, 3.63) is 0 Å². The molecule has 0 spiro atoms. The average Bonchev–Trinajstić information content (AvgIpc) is 1.67. The average molecular weight is 114 g/mol. The van der Waals surface area contributed by atoms with Gasteiger partial charge in [0, 0.05) is 0 Å². The van der Waals surface area contributed by atoms with E-state index in [0.29, 0.717) is 0 Å². The molecule has 8 heavy (non-hydrogen) atoms. The molecule has 0 saturated carbocycles. The number of aliphatic hydroxyl groups is 2. The van der Waals surface area contributed by atoms with Gasteiger partial charge >= 0.3 is 0 Å². The fourth-order valence-electron chi connectivity index (χ4n) is 0.268. The molecule has 0 aromatic carbocycles. The lowest BCUT2D eigenvalue weighted by molar-refractivity contribution is 0.0677. The highest BCUT2D eigenvalue weighted by atomic mass is 16.3. The minimum atomic E-state index is -0.889. The maximum Gasteiger partial charge on any atom is 0.140 e. The zero-order valence-corrected chi connectivity index (χ0v) is 5.05. The maximum absolute atomic E-state index is 8.70. The largest absolute Gasteiger partial charge is 0.390 e. The molecular weight excluding hydrogens is 104 g/mol. The lowest BCUT2D eigenvalue weighted by Crippen LogP contribution is -2.19. The van der Waals surface area contributed by atoms with Gasteiger partial charge in [-0.05, 0) is 13.8 Å². The van der Waals surface area contributed by atoms with Crippen LogP contribution < -0.4 is 0 Å². The highest BCUT2D eigenvalue weighted by Crippen LogP contribution is 1.87. The second kappa shape index (κ2) is 3.48. The molecule has 0 aliphatic heterocycles. The van der Waals surface area contributed by atoms with Gasteiger partial charge in [-0.15, -0.1) is 5.92 Å². The van der Waals surface area contributed by atoms with Gasteiger partial charge in [0.25, 0.3) is 0 Å². The molecule has 0 radical (unpaired) electrons. The minimum absolute atomic E-state index is 0.748. The Bertz CT molecular complexity index is 107. The molecule has 0 aliphatic rings. The molecule has 0 bridgehead atoms. The van der Waals surface area contributed by atoms with Crippen LogP contribution >= 0.6 is 0 Å². The Balaban J connectivity index is 3.58. The number of hydrogen-bond acceptors (Lipinski definition) is 2. The Morgan fingerprint density at radius 1 is 1.38 bits per heavy atom. The van der Waals surface area contributed by atoms with Gasteiger partial charge in [-0.1, -0.05) is 5.92 Å². The Morgan fingerprint density at radius 3 is 2.00 bits per heavy atom. The Kier molecular flexibility index (Phi) is 3.25. The topological polar surface area (TPSA) is 40.5 Å². The van der Waals surface area contributed by atoms with E-state index < -0.39 is 12.2 Å². The molecule has 0 heterocycles. The molecule has 2 N–H and O–H groups in total. The zero-order valence-electron chi connectivity index (χ0n) is 5.05. The van der Waals surface area contributed by atoms with Crippen LogP contribution in [0.5, 0.6) is 0 Å². The van der Waals surface area contributed by atoms with E-state index in [2.05, 4.69) is 11.8 Å². The van der Waals surface area contributed by atoms with Crippen LogP contribution in [0.2, 0.25) is 0 Å². The van der Waals surface area contributed by atoms with E-state index in [0.717, 1.165) is 0 Å². The minimum Gasteiger partial charge on any atom is -0.390 e. The third-order valence-corrected chi connectivity index (χ3v) is 0.749. The predicted octanol–water partition coefficient (Wildman–Crippen LogP) is -0.249. The zero-order chi connectivity index (χ0) is 6.57. The van der Waals surface area contributed by atoms with Crippen LogP contribution in [-0.2, 0) is 0 Å². The first-order valence-corrected chi connectivity index (χ1v) is 2.47. The first-order chi connectivity index (χ1) is 3.68. The molecule has 0 unspecified atom stereocenters. The van der Waals surface area contributed by atoms with Gasteiger partial charge in [-0.3, -0.25) is 0 Å². The van der Waals surface area contributed by atoms with Crippen LogP contribution in [-0.4, -0.2) is 22.4 Å². The second-order valence-electron chi connectivity index (χ2n) is 1.58. The van der Waals surface area contributed by atoms with Gasteiger partial charge in [0.2, 0.25) is 0 Å². The van der Waals surface area contributed by atoms with E-state index in [-0.39, 0.29) is 0 Å². The van der Waals surface area contributed by atoms with Gasteiger partial charge < -0.3 is 10.2 Å². The summed E-state index contributed by atoms with van der Waals surface area (Å²) in [7, 11) is 0. The fourth-order valence-corrected chi connectivity index (χ4v) is 0.268. The van der Waals surface area contributed by atoms with Crippen molar-refractivity contribution in [1.29, 1.82) is 0 Å². The van der Waals surface area contributed by atoms with Crippen molar-refractivity contribution in [3.8, 4) is 11.8 Å². The number of aliphatic hydroxyl groups excluding tert-OH is 2. The first kappa shape index (κ1) is 7.48. The molecule has 0 saturated heterocycles. The van der Waals surface area contributed by atoms with Crippen LogP contribution in [0.25, 0.3) is 0 Å². The van der Waals surface area contributed by atoms with Crippen LogP contribution in [0.4, 0.5) is 0 Å². The van der Waals surface area contributed by atoms with E-state index in [1.165, 1.54) is 6.92 Å². The van der Waals surface area contributed by atoms with Gasteiger partial charge in [0.1, 0.15) is 6.10 Å². The van der Waals surface area contributed by atoms with Crippen molar-refractivity contribution < 1.29 is 10.2 Å². The molecule has 46 valence electrons. The van der Waals surface area contributed by atoms with E-state index in [9.17, 15) is 0 Å². The van der Waals surface area contributed by atoms with Crippen molar-refractivity contribution in [1.82, 2.24) is 0 Å². The van der Waals surface area contributed by atoms with E-state index in [4.69, 9.17) is 10.2 Å². The van der Waals surface area contributed by atoms with Crippen LogP contribution in [0, 0.1) is 11.8 Å². The quantitative estimate of drug-likeness (QED) is 0.461. The van der Waals surface area contributed by atoms with Crippen LogP contribution in [0.1, 0.15) is 13.8 Å². The molecule has 0 aliphatic carbocycles. The number of rotatable bonds is 1. The Hall–Kier alpha value is -0.520. The lowest BCUT2D eigenvalue weighted by Gasteiger charge is -2.03. The SMILES string of the molecule is CC#C[C@H](O)[C@H](C)O. The molecule has 0 aromatic heterocycles. The van der Waals surface area contributed by atoms with Crippen LogP contribution in [0.15, 0.2) is 0 Å². The number of hydrogen-bond donors (Lipinski definition) is 2. The highest BCUT2D eigenvalue weighted by molar-refractivity contribution is 5.03. The normalized spacial score (nSPS) is 16.0. The summed E-state index contributed by atoms with van der Waals surface area (Å²) in [4.78, 5) is 0. The fraction of sp³-hybridized carbons (Fsp3) is 0.667. The van der Waals surface area contributed by atoms with Crippen molar-refractivity contribution in [3.63, 3.8) is 0 Å². The van der Waals surface area contributed by atoms with Gasteiger partial charge in [-0.25, -0.2) is 0 Å². The summed E-state index contributed by atoms with van der Waals surface area (Å²) in [5, 5.41) is 17.3. The van der Waals surface area contributed by atoms with E-state index in [1.807, 2.05) is 0 Å². The highest BCUT2D eigenvalue weighted by Gasteiger charge is 2.04. The van der Waals surface area contributed by atoms with Gasteiger partial charge in [0.15, 0.2) is 0 Å². The molecule has 0 aromatic rings. The molecular formula is C6H10O2. The summed E-state index contributed by atoms with van der Waals surface area (Å²) in [6, 6.07) is 0. The summed E-state index contributed by atoms with van der Waals surface area (Å²) in [5.41, 5.74) is 0. The molecule has 2 nitrogen and oxygen atoms in total. The summed E-state index contributed by atoms with van der Waals surface area (Å²) in [6.07, 6.45) is -1.64. The van der Waals surface area contributed by atoms with Crippen molar-refractivity contribution >= 4 is 0 Å². The third-order valence-electron chi connectivity index (χ3n) is 0.749. The smallest absolute Gasteiger partial charge is 0.140 e. The van der Waals surface area contributed by atoms with E-state index >= 15 is 0 Å². The van der Waals surface area contributed by atoms with Gasteiger partial charge in [0.05, 0.1) is 6.10 Å². The predicted molar refractivity (Wildman–Crippen MR) is 31.1 cm³/mol. The first-order valence-electron chi connectivity index (χ1n) is 2.47. The Morgan fingerprint density at radius 2 is 1.88 bits per heavy atom. The maximum atomic E-state index is 8.70. The standard InChI is InChI=1S/C6H10O2/c1-3-4-6(8)5(2)7/h5-8H,1-2H3/t5-,6-/m0/s1. The molecule has 0 amide bonds. The molecule has 0 rings (SSSR count). The Labute approximate surface area is 49.2 Å². The molecule has 0 fully saturated rings. The summed E-state index contributed by atoms with van der Waals surface area (Å²) in [5.74, 6) is 4.89. The van der Waals surface area contributed by atoms with Gasteiger partial charge in [-0.2, -0.15) is 0 Å². The molecule has 2 atom stereocenters. The van der Waals surface area contributed by atoms with Crippen molar-refractivity contribution in [2.24, 2.45) is 0 Å².